The van der Waals surface area contributed by atoms with Gasteiger partial charge in [0.25, 0.3) is 11.1 Å². The van der Waals surface area contributed by atoms with Gasteiger partial charge in [-0.05, 0) is 73.5 Å². The third-order valence-electron chi connectivity index (χ3n) is 5.68. The number of imide groups is 1. The molecule has 10 heteroatoms. The van der Waals surface area contributed by atoms with Crippen molar-refractivity contribution >= 4 is 44.3 Å². The van der Waals surface area contributed by atoms with Crippen molar-refractivity contribution in [3.8, 4) is 17.6 Å². The average Bonchev–Trinajstić information content (AvgIpc) is 3.14. The van der Waals surface area contributed by atoms with Crippen LogP contribution >= 0.6 is 11.8 Å². The number of methoxy groups -OCH3 is 1. The maximum atomic E-state index is 13.5. The number of thioether (sulfide) groups is 1. The number of hydrogen-bond donors (Lipinski definition) is 2. The number of benzene rings is 2. The summed E-state index contributed by atoms with van der Waals surface area (Å²) < 4.78 is 30.1. The summed E-state index contributed by atoms with van der Waals surface area (Å²) in [7, 11) is -2.73. The fourth-order valence-corrected chi connectivity index (χ4v) is 6.89. The molecule has 0 spiro atoms. The highest BCUT2D eigenvalue weighted by Crippen LogP contribution is 2.44. The average molecular weight is 529 g/mol. The van der Waals surface area contributed by atoms with Crippen LogP contribution in [0.25, 0.3) is 0 Å². The molecule has 1 unspecified atom stereocenters. The van der Waals surface area contributed by atoms with Crippen molar-refractivity contribution in [1.29, 1.82) is 0 Å². The molecule has 3 amide bonds. The quantitative estimate of drug-likeness (QED) is 0.388. The fraction of sp³-hybridized carbons (Fsp3) is 0.346. The minimum Gasteiger partial charge on any atom is -0.497 e. The molecule has 3 rings (SSSR count). The van der Waals surface area contributed by atoms with Crippen LogP contribution in [0.15, 0.2) is 47.4 Å². The monoisotopic (exact) mass is 528 g/mol. The zero-order valence-corrected chi connectivity index (χ0v) is 22.1. The lowest BCUT2D eigenvalue weighted by atomic mass is 10.1. The van der Waals surface area contributed by atoms with Crippen LogP contribution in [0.5, 0.6) is 5.75 Å². The maximum absolute atomic E-state index is 13.5. The van der Waals surface area contributed by atoms with E-state index in [4.69, 9.17) is 4.74 Å². The van der Waals surface area contributed by atoms with Crippen molar-refractivity contribution in [2.75, 3.05) is 12.4 Å². The number of aryl methyl sites for hydroxylation is 1. The highest BCUT2D eigenvalue weighted by atomic mass is 32.3. The van der Waals surface area contributed by atoms with Gasteiger partial charge >= 0.3 is 0 Å². The van der Waals surface area contributed by atoms with E-state index in [1.165, 1.54) is 31.4 Å². The van der Waals surface area contributed by atoms with E-state index in [2.05, 4.69) is 22.5 Å². The first-order valence-electron chi connectivity index (χ1n) is 11.3. The Balaban J connectivity index is 1.77. The van der Waals surface area contributed by atoms with Crippen molar-refractivity contribution in [3.05, 3.63) is 53.6 Å². The van der Waals surface area contributed by atoms with E-state index in [-0.39, 0.29) is 29.6 Å². The molecule has 0 saturated carbocycles. The normalized spacial score (nSPS) is 17.4. The summed E-state index contributed by atoms with van der Waals surface area (Å²) in [5.74, 6) is 5.46. The third kappa shape index (κ3) is 5.74. The van der Waals surface area contributed by atoms with E-state index >= 15 is 0 Å². The summed E-state index contributed by atoms with van der Waals surface area (Å²) >= 11 is 0.492. The van der Waals surface area contributed by atoms with Gasteiger partial charge in [-0.1, -0.05) is 31.8 Å². The SMILES string of the molecule is COc1ccc(S(=O)(=O)C2(CCCC#Cc3cc(NC(=O)C(C)C)ccc3C)SC(=O)NC2=O)cc1. The molecule has 0 radical (unpaired) electrons. The number of anilines is 1. The number of carbonyl (C=O) groups excluding carboxylic acids is 3. The largest absolute Gasteiger partial charge is 0.497 e. The smallest absolute Gasteiger partial charge is 0.287 e. The van der Waals surface area contributed by atoms with Gasteiger partial charge in [0, 0.05) is 23.6 Å². The summed E-state index contributed by atoms with van der Waals surface area (Å²) in [6.07, 6.45) is 0.505. The van der Waals surface area contributed by atoms with Crippen LogP contribution in [0, 0.1) is 24.7 Å². The minimum atomic E-state index is -4.19. The van der Waals surface area contributed by atoms with E-state index in [0.29, 0.717) is 29.6 Å². The Morgan fingerprint density at radius 2 is 1.86 bits per heavy atom. The Labute approximate surface area is 215 Å². The number of carbonyl (C=O) groups is 3. The molecule has 1 heterocycles. The van der Waals surface area contributed by atoms with Crippen molar-refractivity contribution in [3.63, 3.8) is 0 Å². The van der Waals surface area contributed by atoms with E-state index in [9.17, 15) is 22.8 Å². The molecule has 8 nitrogen and oxygen atoms in total. The van der Waals surface area contributed by atoms with Gasteiger partial charge in [0.05, 0.1) is 12.0 Å². The standard InChI is InChI=1S/C26H28N2O6S2/c1-17(2)23(29)27-20-10-9-18(3)19(16-20)8-6-5-7-15-26(24(30)28-25(31)35-26)36(32,33)22-13-11-21(34-4)12-14-22/h9-14,16-17H,5,7,15H2,1-4H3,(H,27,29)(H,28,30,31). The molecule has 1 saturated heterocycles. The Hall–Kier alpha value is -3.29. The van der Waals surface area contributed by atoms with Gasteiger partial charge in [0.15, 0.2) is 0 Å². The molecule has 2 aromatic carbocycles. The number of amides is 3. The van der Waals surface area contributed by atoms with Crippen LogP contribution in [0.4, 0.5) is 10.5 Å². The molecular formula is C26H28N2O6S2. The number of sulfone groups is 1. The highest BCUT2D eigenvalue weighted by Gasteiger charge is 2.57. The molecule has 36 heavy (non-hydrogen) atoms. The lowest BCUT2D eigenvalue weighted by Crippen LogP contribution is -2.43. The topological polar surface area (TPSA) is 119 Å². The number of hydrogen-bond acceptors (Lipinski definition) is 7. The number of unbranched alkanes of at least 4 members (excludes halogenated alkanes) is 1. The lowest BCUT2D eigenvalue weighted by molar-refractivity contribution is -0.120. The number of nitrogens with one attached hydrogen (secondary N) is 2. The van der Waals surface area contributed by atoms with Gasteiger partial charge in [-0.15, -0.1) is 0 Å². The Bertz CT molecular complexity index is 1340. The Morgan fingerprint density at radius 3 is 2.44 bits per heavy atom. The Morgan fingerprint density at radius 1 is 1.17 bits per heavy atom. The molecule has 2 N–H and O–H groups in total. The molecule has 1 aliphatic rings. The van der Waals surface area contributed by atoms with Gasteiger partial charge in [-0.25, -0.2) is 8.42 Å². The summed E-state index contributed by atoms with van der Waals surface area (Å²) in [5, 5.41) is 4.27. The van der Waals surface area contributed by atoms with Crippen LogP contribution < -0.4 is 15.4 Å². The summed E-state index contributed by atoms with van der Waals surface area (Å²) in [4.78, 5) is 36.6. The molecule has 1 atom stereocenters. The molecule has 2 aromatic rings. The van der Waals surface area contributed by atoms with Crippen molar-refractivity contribution < 1.29 is 27.5 Å². The summed E-state index contributed by atoms with van der Waals surface area (Å²) in [6, 6.07) is 11.2. The van der Waals surface area contributed by atoms with Gasteiger partial charge in [0.2, 0.25) is 19.8 Å². The molecule has 0 bridgehead atoms. The molecule has 0 aromatic heterocycles. The second-order valence-corrected chi connectivity index (χ2v) is 12.3. The Kier molecular flexibility index (Phi) is 8.48. The second-order valence-electron chi connectivity index (χ2n) is 8.60. The molecule has 190 valence electrons. The van der Waals surface area contributed by atoms with E-state index in [1.54, 1.807) is 6.07 Å². The predicted molar refractivity (Wildman–Crippen MR) is 139 cm³/mol. The van der Waals surface area contributed by atoms with Gasteiger partial charge in [-0.3, -0.25) is 19.7 Å². The van der Waals surface area contributed by atoms with Crippen LogP contribution in [0.2, 0.25) is 0 Å². The van der Waals surface area contributed by atoms with Crippen LogP contribution in [0.1, 0.15) is 44.2 Å². The number of rotatable bonds is 8. The zero-order valence-electron chi connectivity index (χ0n) is 20.5. The minimum absolute atomic E-state index is 0.0670. The summed E-state index contributed by atoms with van der Waals surface area (Å²) in [5.41, 5.74) is 2.31. The molecule has 1 aliphatic heterocycles. The van der Waals surface area contributed by atoms with Crippen molar-refractivity contribution in [2.24, 2.45) is 5.92 Å². The van der Waals surface area contributed by atoms with E-state index in [1.807, 2.05) is 32.9 Å². The fourth-order valence-electron chi connectivity index (χ4n) is 3.52. The zero-order chi connectivity index (χ0) is 26.5. The van der Waals surface area contributed by atoms with Crippen LogP contribution in [0.3, 0.4) is 0 Å². The van der Waals surface area contributed by atoms with Crippen molar-refractivity contribution in [2.45, 2.75) is 49.0 Å². The molecule has 0 aliphatic carbocycles. The second kappa shape index (κ2) is 11.2. The number of ether oxygens (including phenoxy) is 1. The first-order valence-corrected chi connectivity index (χ1v) is 13.6. The summed E-state index contributed by atoms with van der Waals surface area (Å²) in [6.45, 7) is 5.52. The molecule has 1 fully saturated rings. The third-order valence-corrected chi connectivity index (χ3v) is 9.75. The molecular weight excluding hydrogens is 500 g/mol. The van der Waals surface area contributed by atoms with Gasteiger partial charge < -0.3 is 10.1 Å². The first kappa shape index (κ1) is 27.3. The highest BCUT2D eigenvalue weighted by molar-refractivity contribution is 8.25. The van der Waals surface area contributed by atoms with E-state index < -0.39 is 25.1 Å². The predicted octanol–water partition coefficient (Wildman–Crippen LogP) is 4.27. The first-order chi connectivity index (χ1) is 17.0. The maximum Gasteiger partial charge on any atom is 0.287 e. The van der Waals surface area contributed by atoms with Crippen LogP contribution in [-0.2, 0) is 19.4 Å². The van der Waals surface area contributed by atoms with Gasteiger partial charge in [-0.2, -0.15) is 0 Å². The van der Waals surface area contributed by atoms with Gasteiger partial charge in [0.1, 0.15) is 5.75 Å². The van der Waals surface area contributed by atoms with Crippen molar-refractivity contribution in [1.82, 2.24) is 5.32 Å². The lowest BCUT2D eigenvalue weighted by Gasteiger charge is -2.24. The van der Waals surface area contributed by atoms with Crippen LogP contribution in [-0.4, -0.2) is 36.7 Å². The van der Waals surface area contributed by atoms with E-state index in [0.717, 1.165) is 11.1 Å².